The fourth-order valence-electron chi connectivity index (χ4n) is 3.28. The Morgan fingerprint density at radius 2 is 1.88 bits per heavy atom. The van der Waals surface area contributed by atoms with Gasteiger partial charge < -0.3 is 29.5 Å². The molecule has 1 aromatic carbocycles. The fraction of sp³-hybridized carbons (Fsp3) is 0.556. The Bertz CT molecular complexity index is 550. The van der Waals surface area contributed by atoms with E-state index in [0.717, 1.165) is 18.4 Å². The number of unbranched alkanes of at least 4 members (excludes halogenated alkanes) is 1. The first kappa shape index (κ1) is 17.5. The molecule has 2 heterocycles. The van der Waals surface area contributed by atoms with Gasteiger partial charge in [0.25, 0.3) is 0 Å². The second-order valence-electron chi connectivity index (χ2n) is 6.21. The Balaban J connectivity index is 1.87. The molecule has 3 N–H and O–H groups in total. The predicted octanol–water partition coefficient (Wildman–Crippen LogP) is 1.05. The zero-order valence-corrected chi connectivity index (χ0v) is 13.5. The van der Waals surface area contributed by atoms with Crippen LogP contribution in [0.15, 0.2) is 43.0 Å². The maximum Gasteiger partial charge on any atom is 0.198 e. The standard InChI is InChI=1S/C18H24O6/c1-2-3-7-10-18(12-8-5-4-6-9-12)23-16-15(21)14(20)13(11-19)22-17(16)24-18/h2,4-6,8-9,13-17,19-21H,1,3,7,10-11H2/t13-,14-,15+,16+,17+,18?/m1/s1. The quantitative estimate of drug-likeness (QED) is 0.532. The summed E-state index contributed by atoms with van der Waals surface area (Å²) in [6.07, 6.45) is -0.975. The zero-order valence-electron chi connectivity index (χ0n) is 13.5. The lowest BCUT2D eigenvalue weighted by Crippen LogP contribution is -2.57. The lowest BCUT2D eigenvalue weighted by molar-refractivity contribution is -0.261. The van der Waals surface area contributed by atoms with Gasteiger partial charge in [-0.05, 0) is 12.8 Å². The van der Waals surface area contributed by atoms with Crippen LogP contribution >= 0.6 is 0 Å². The minimum atomic E-state index is -1.22. The van der Waals surface area contributed by atoms with Crippen LogP contribution in [0.2, 0.25) is 0 Å². The van der Waals surface area contributed by atoms with Gasteiger partial charge in [0, 0.05) is 12.0 Å². The molecule has 0 spiro atoms. The van der Waals surface area contributed by atoms with E-state index in [1.807, 2.05) is 36.4 Å². The number of allylic oxidation sites excluding steroid dienone is 1. The predicted molar refractivity (Wildman–Crippen MR) is 85.9 cm³/mol. The van der Waals surface area contributed by atoms with E-state index in [9.17, 15) is 15.3 Å². The first-order valence-corrected chi connectivity index (χ1v) is 8.26. The van der Waals surface area contributed by atoms with Crippen molar-refractivity contribution in [1.82, 2.24) is 0 Å². The summed E-state index contributed by atoms with van der Waals surface area (Å²) in [7, 11) is 0. The summed E-state index contributed by atoms with van der Waals surface area (Å²) in [5.74, 6) is -1.05. The maximum absolute atomic E-state index is 10.3. The number of fused-ring (bicyclic) bond motifs is 1. The van der Waals surface area contributed by atoms with Crippen molar-refractivity contribution >= 4 is 0 Å². The molecule has 0 aromatic heterocycles. The molecule has 6 nitrogen and oxygen atoms in total. The van der Waals surface area contributed by atoms with Crippen molar-refractivity contribution in [3.05, 3.63) is 48.6 Å². The Labute approximate surface area is 141 Å². The van der Waals surface area contributed by atoms with E-state index >= 15 is 0 Å². The number of aliphatic hydroxyl groups is 3. The van der Waals surface area contributed by atoms with Crippen LogP contribution in [0.4, 0.5) is 0 Å². The van der Waals surface area contributed by atoms with E-state index in [1.54, 1.807) is 0 Å². The highest BCUT2D eigenvalue weighted by atomic mass is 16.8. The summed E-state index contributed by atoms with van der Waals surface area (Å²) in [6, 6.07) is 9.48. The monoisotopic (exact) mass is 336 g/mol. The van der Waals surface area contributed by atoms with Crippen molar-refractivity contribution < 1.29 is 29.5 Å². The van der Waals surface area contributed by atoms with E-state index in [4.69, 9.17) is 14.2 Å². The van der Waals surface area contributed by atoms with Crippen molar-refractivity contribution in [3.63, 3.8) is 0 Å². The van der Waals surface area contributed by atoms with Crippen LogP contribution in [0.3, 0.4) is 0 Å². The highest BCUT2D eigenvalue weighted by molar-refractivity contribution is 5.22. The van der Waals surface area contributed by atoms with E-state index in [0.29, 0.717) is 6.42 Å². The van der Waals surface area contributed by atoms with Gasteiger partial charge in [0.05, 0.1) is 6.61 Å². The highest BCUT2D eigenvalue weighted by Gasteiger charge is 2.57. The third-order valence-electron chi connectivity index (χ3n) is 4.59. The first-order chi connectivity index (χ1) is 11.6. The van der Waals surface area contributed by atoms with Crippen LogP contribution in [0.1, 0.15) is 24.8 Å². The molecule has 0 aliphatic carbocycles. The van der Waals surface area contributed by atoms with Crippen LogP contribution in [0, 0.1) is 0 Å². The van der Waals surface area contributed by atoms with Gasteiger partial charge in [-0.1, -0.05) is 36.4 Å². The molecule has 6 atom stereocenters. The number of hydrogen-bond donors (Lipinski definition) is 3. The van der Waals surface area contributed by atoms with Crippen LogP contribution < -0.4 is 0 Å². The van der Waals surface area contributed by atoms with Crippen LogP contribution in [0.25, 0.3) is 0 Å². The van der Waals surface area contributed by atoms with Gasteiger partial charge in [-0.25, -0.2) is 0 Å². The molecule has 2 saturated heterocycles. The van der Waals surface area contributed by atoms with E-state index in [1.165, 1.54) is 0 Å². The fourth-order valence-corrected chi connectivity index (χ4v) is 3.28. The second-order valence-corrected chi connectivity index (χ2v) is 6.21. The lowest BCUT2D eigenvalue weighted by atomic mass is 9.98. The molecule has 3 rings (SSSR count). The lowest BCUT2D eigenvalue weighted by Gasteiger charge is -2.36. The summed E-state index contributed by atoms with van der Waals surface area (Å²) in [4.78, 5) is 0. The van der Waals surface area contributed by atoms with Gasteiger partial charge in [0.1, 0.15) is 24.4 Å². The molecule has 2 aliphatic heterocycles. The average molecular weight is 336 g/mol. The van der Waals surface area contributed by atoms with Gasteiger partial charge in [-0.15, -0.1) is 6.58 Å². The van der Waals surface area contributed by atoms with Crippen molar-refractivity contribution in [2.75, 3.05) is 6.61 Å². The zero-order chi connectivity index (χ0) is 17.2. The number of hydrogen-bond acceptors (Lipinski definition) is 6. The third-order valence-corrected chi connectivity index (χ3v) is 4.59. The Hall–Kier alpha value is -1.28. The van der Waals surface area contributed by atoms with E-state index < -0.39 is 43.1 Å². The summed E-state index contributed by atoms with van der Waals surface area (Å²) >= 11 is 0. The van der Waals surface area contributed by atoms with Crippen LogP contribution in [-0.4, -0.2) is 52.6 Å². The summed E-state index contributed by atoms with van der Waals surface area (Å²) in [5, 5.41) is 29.7. The molecular weight excluding hydrogens is 312 g/mol. The van der Waals surface area contributed by atoms with Gasteiger partial charge >= 0.3 is 0 Å². The molecule has 6 heteroatoms. The second kappa shape index (κ2) is 7.31. The minimum Gasteiger partial charge on any atom is -0.394 e. The molecule has 1 aromatic rings. The van der Waals surface area contributed by atoms with Crippen LogP contribution in [-0.2, 0) is 20.0 Å². The molecule has 1 unspecified atom stereocenters. The number of benzene rings is 1. The Kier molecular flexibility index (Phi) is 5.34. The summed E-state index contributed by atoms with van der Waals surface area (Å²) in [5.41, 5.74) is 0.828. The van der Waals surface area contributed by atoms with Gasteiger partial charge in [0.2, 0.25) is 0 Å². The molecular formula is C18H24O6. The van der Waals surface area contributed by atoms with Crippen molar-refractivity contribution in [1.29, 1.82) is 0 Å². The third kappa shape index (κ3) is 3.13. The van der Waals surface area contributed by atoms with Gasteiger partial charge in [-0.3, -0.25) is 0 Å². The van der Waals surface area contributed by atoms with E-state index in [-0.39, 0.29) is 0 Å². The van der Waals surface area contributed by atoms with Gasteiger partial charge in [-0.2, -0.15) is 0 Å². The number of rotatable bonds is 6. The Morgan fingerprint density at radius 1 is 1.12 bits per heavy atom. The number of aliphatic hydroxyl groups excluding tert-OH is 3. The largest absolute Gasteiger partial charge is 0.394 e. The molecule has 0 bridgehead atoms. The highest BCUT2D eigenvalue weighted by Crippen LogP contribution is 2.45. The number of ether oxygens (including phenoxy) is 3. The maximum atomic E-state index is 10.3. The topological polar surface area (TPSA) is 88.4 Å². The van der Waals surface area contributed by atoms with Crippen molar-refractivity contribution in [3.8, 4) is 0 Å². The molecule has 132 valence electrons. The Morgan fingerprint density at radius 3 is 2.54 bits per heavy atom. The average Bonchev–Trinajstić information content (AvgIpc) is 2.99. The normalized spacial score (nSPS) is 38.7. The molecule has 2 fully saturated rings. The van der Waals surface area contributed by atoms with Crippen LogP contribution in [0.5, 0.6) is 0 Å². The first-order valence-electron chi connectivity index (χ1n) is 8.26. The summed E-state index contributed by atoms with van der Waals surface area (Å²) < 4.78 is 17.8. The SMILES string of the molecule is C=CCCCC1(c2ccccc2)O[C@@H]2O[C@H](CO)[C@@H](O)[C@H](O)[C@@H]2O1. The summed E-state index contributed by atoms with van der Waals surface area (Å²) in [6.45, 7) is 3.33. The molecule has 0 radical (unpaired) electrons. The molecule has 0 saturated carbocycles. The molecule has 2 aliphatic rings. The molecule has 24 heavy (non-hydrogen) atoms. The van der Waals surface area contributed by atoms with E-state index in [2.05, 4.69) is 6.58 Å². The smallest absolute Gasteiger partial charge is 0.198 e. The molecule has 0 amide bonds. The van der Waals surface area contributed by atoms with Crippen molar-refractivity contribution in [2.24, 2.45) is 0 Å². The van der Waals surface area contributed by atoms with Gasteiger partial charge in [0.15, 0.2) is 12.1 Å². The minimum absolute atomic E-state index is 0.403. The van der Waals surface area contributed by atoms with Crippen molar-refractivity contribution in [2.45, 2.75) is 55.8 Å².